The first-order valence-corrected chi connectivity index (χ1v) is 4.36. The lowest BCUT2D eigenvalue weighted by Crippen LogP contribution is -2.69. The van der Waals surface area contributed by atoms with Crippen molar-refractivity contribution < 1.29 is 39.8 Å². The second-order valence-corrected chi connectivity index (χ2v) is 3.34. The Morgan fingerprint density at radius 1 is 1.44 bits per heavy atom. The molecule has 0 aromatic carbocycles. The number of nitrogens with two attached hydrogens (primary N) is 1. The number of rotatable bonds is 2. The molecule has 9 heteroatoms. The molecule has 5 atom stereocenters. The fourth-order valence-electron chi connectivity index (χ4n) is 1.38. The quantitative estimate of drug-likeness (QED) is 0.215. The van der Waals surface area contributed by atoms with Gasteiger partial charge in [-0.2, -0.15) is 0 Å². The van der Waals surface area contributed by atoms with Crippen molar-refractivity contribution in [3.8, 4) is 0 Å². The molecule has 0 aromatic rings. The summed E-state index contributed by atoms with van der Waals surface area (Å²) in [6, 6.07) is -1.69. The average molecular weight is 239 g/mol. The molecule has 16 heavy (non-hydrogen) atoms. The van der Waals surface area contributed by atoms with Crippen LogP contribution < -0.4 is 5.73 Å². The van der Waals surface area contributed by atoms with Gasteiger partial charge in [-0.25, -0.2) is 4.79 Å². The minimum absolute atomic E-state index is 0.754. The summed E-state index contributed by atoms with van der Waals surface area (Å²) < 4.78 is 8.58. The molecule has 1 fully saturated rings. The summed E-state index contributed by atoms with van der Waals surface area (Å²) in [5.74, 6) is -2.81. The van der Waals surface area contributed by atoms with Crippen molar-refractivity contribution in [3.05, 3.63) is 0 Å². The van der Waals surface area contributed by atoms with E-state index in [2.05, 4.69) is 9.47 Å². The summed E-state index contributed by atoms with van der Waals surface area (Å²) in [7, 11) is 0. The summed E-state index contributed by atoms with van der Waals surface area (Å²) in [4.78, 5) is 10.3. The van der Waals surface area contributed by atoms with Crippen LogP contribution in [0.2, 0.25) is 0 Å². The Bertz CT molecular complexity index is 271. The Kier molecular flexibility index (Phi) is 3.68. The molecule has 1 aliphatic rings. The number of carbonyl (C=O) groups is 1. The van der Waals surface area contributed by atoms with Crippen molar-refractivity contribution in [2.45, 2.75) is 30.3 Å². The standard InChI is InChI=1S/C7H13NO8/c8-5-4(11)3(10)2(1-9)15-7(5,14)16-6(12)13/h2-5,9-11,14H,1,8H2,(H,12,13)/t2-,3-,4+,5-,7-/m1/s1. The molecule has 1 saturated heterocycles. The van der Waals surface area contributed by atoms with Gasteiger partial charge in [0.15, 0.2) is 0 Å². The van der Waals surface area contributed by atoms with Crippen LogP contribution in [0.5, 0.6) is 0 Å². The number of carboxylic acid groups (broad SMARTS) is 1. The zero-order valence-corrected chi connectivity index (χ0v) is 8.05. The number of hydrogen-bond donors (Lipinski definition) is 6. The van der Waals surface area contributed by atoms with E-state index in [1.54, 1.807) is 0 Å². The summed E-state index contributed by atoms with van der Waals surface area (Å²) in [6.45, 7) is -0.754. The molecule has 94 valence electrons. The van der Waals surface area contributed by atoms with Crippen molar-refractivity contribution in [2.75, 3.05) is 6.61 Å². The highest BCUT2D eigenvalue weighted by atomic mass is 16.9. The monoisotopic (exact) mass is 239 g/mol. The van der Waals surface area contributed by atoms with Gasteiger partial charge in [0.2, 0.25) is 0 Å². The first-order valence-electron chi connectivity index (χ1n) is 4.36. The van der Waals surface area contributed by atoms with Gasteiger partial charge in [0, 0.05) is 0 Å². The molecule has 0 spiro atoms. The van der Waals surface area contributed by atoms with Crippen LogP contribution in [0.4, 0.5) is 4.79 Å². The molecule has 0 unspecified atom stereocenters. The highest BCUT2D eigenvalue weighted by molar-refractivity contribution is 5.57. The molecule has 0 radical (unpaired) electrons. The number of aliphatic hydroxyl groups excluding tert-OH is 3. The lowest BCUT2D eigenvalue weighted by atomic mass is 9.96. The van der Waals surface area contributed by atoms with Crippen LogP contribution in [0.1, 0.15) is 0 Å². The van der Waals surface area contributed by atoms with Crippen molar-refractivity contribution >= 4 is 6.16 Å². The lowest BCUT2D eigenvalue weighted by Gasteiger charge is -2.43. The maximum Gasteiger partial charge on any atom is 0.510 e. The van der Waals surface area contributed by atoms with Gasteiger partial charge in [0.1, 0.15) is 24.4 Å². The van der Waals surface area contributed by atoms with Crippen LogP contribution in [0.3, 0.4) is 0 Å². The van der Waals surface area contributed by atoms with Gasteiger partial charge in [0.05, 0.1) is 6.61 Å². The summed E-state index contributed by atoms with van der Waals surface area (Å²) in [6.07, 6.45) is -6.54. The molecule has 9 nitrogen and oxygen atoms in total. The minimum Gasteiger partial charge on any atom is -0.450 e. The smallest absolute Gasteiger partial charge is 0.450 e. The Hall–Kier alpha value is -0.970. The van der Waals surface area contributed by atoms with E-state index in [1.807, 2.05) is 0 Å². The molecule has 1 rings (SSSR count). The second-order valence-electron chi connectivity index (χ2n) is 3.34. The highest BCUT2D eigenvalue weighted by Crippen LogP contribution is 2.27. The topological polar surface area (TPSA) is 163 Å². The van der Waals surface area contributed by atoms with E-state index in [9.17, 15) is 20.1 Å². The van der Waals surface area contributed by atoms with Gasteiger partial charge >= 0.3 is 12.1 Å². The Morgan fingerprint density at radius 3 is 2.44 bits per heavy atom. The first kappa shape index (κ1) is 13.1. The van der Waals surface area contributed by atoms with Crippen LogP contribution in [-0.4, -0.2) is 68.6 Å². The summed E-state index contributed by atoms with van der Waals surface area (Å²) in [5.41, 5.74) is 5.26. The third-order valence-electron chi connectivity index (χ3n) is 2.25. The van der Waals surface area contributed by atoms with Gasteiger partial charge in [-0.05, 0) is 0 Å². The Balaban J connectivity index is 2.89. The normalized spacial score (nSPS) is 44.1. The average Bonchev–Trinajstić information content (AvgIpc) is 2.20. The number of hydrogen-bond acceptors (Lipinski definition) is 8. The Morgan fingerprint density at radius 2 is 2.00 bits per heavy atom. The molecule has 1 aliphatic heterocycles. The maximum absolute atomic E-state index is 10.3. The van der Waals surface area contributed by atoms with E-state index in [4.69, 9.17) is 15.9 Å². The molecule has 1 heterocycles. The third kappa shape index (κ3) is 2.24. The minimum atomic E-state index is -2.81. The fraction of sp³-hybridized carbons (Fsp3) is 0.857. The summed E-state index contributed by atoms with van der Waals surface area (Å²) >= 11 is 0. The zero-order valence-electron chi connectivity index (χ0n) is 8.05. The SMILES string of the molecule is N[C@@H]1[C@@H](O)[C@H](O)[C@@H](CO)O[C@@]1(O)OC(=O)O. The van der Waals surface area contributed by atoms with Crippen molar-refractivity contribution in [3.63, 3.8) is 0 Å². The van der Waals surface area contributed by atoms with Gasteiger partial charge in [0.25, 0.3) is 0 Å². The van der Waals surface area contributed by atoms with Gasteiger partial charge < -0.3 is 40.7 Å². The molecule has 7 N–H and O–H groups in total. The van der Waals surface area contributed by atoms with E-state index in [0.717, 1.165) is 0 Å². The van der Waals surface area contributed by atoms with E-state index < -0.39 is 43.1 Å². The first-order chi connectivity index (χ1) is 7.31. The molecule has 0 amide bonds. The molecule has 0 aliphatic carbocycles. The molecule has 0 saturated carbocycles. The molecular formula is C7H13NO8. The van der Waals surface area contributed by atoms with E-state index >= 15 is 0 Å². The number of ether oxygens (including phenoxy) is 2. The van der Waals surface area contributed by atoms with E-state index in [1.165, 1.54) is 0 Å². The maximum atomic E-state index is 10.3. The van der Waals surface area contributed by atoms with Gasteiger partial charge in [-0.3, -0.25) is 0 Å². The molecule has 0 bridgehead atoms. The molecular weight excluding hydrogens is 226 g/mol. The van der Waals surface area contributed by atoms with E-state index in [0.29, 0.717) is 0 Å². The van der Waals surface area contributed by atoms with Crippen molar-refractivity contribution in [1.82, 2.24) is 0 Å². The number of aliphatic hydroxyl groups is 4. The van der Waals surface area contributed by atoms with Gasteiger partial charge in [-0.15, -0.1) is 0 Å². The fourth-order valence-corrected chi connectivity index (χ4v) is 1.38. The lowest BCUT2D eigenvalue weighted by molar-refractivity contribution is -0.405. The van der Waals surface area contributed by atoms with Crippen LogP contribution in [0, 0.1) is 0 Å². The van der Waals surface area contributed by atoms with Crippen LogP contribution >= 0.6 is 0 Å². The van der Waals surface area contributed by atoms with Crippen LogP contribution in [-0.2, 0) is 9.47 Å². The predicted molar refractivity (Wildman–Crippen MR) is 46.0 cm³/mol. The zero-order chi connectivity index (χ0) is 12.5. The van der Waals surface area contributed by atoms with Crippen molar-refractivity contribution in [1.29, 1.82) is 0 Å². The second kappa shape index (κ2) is 4.49. The highest BCUT2D eigenvalue weighted by Gasteiger charge is 2.54. The Labute approximate surface area is 89.6 Å². The van der Waals surface area contributed by atoms with Crippen LogP contribution in [0.25, 0.3) is 0 Å². The van der Waals surface area contributed by atoms with Gasteiger partial charge in [-0.1, -0.05) is 0 Å². The largest absolute Gasteiger partial charge is 0.510 e. The van der Waals surface area contributed by atoms with Crippen LogP contribution in [0.15, 0.2) is 0 Å². The predicted octanol–water partition coefficient (Wildman–Crippen LogP) is -3.23. The third-order valence-corrected chi connectivity index (χ3v) is 2.25. The van der Waals surface area contributed by atoms with E-state index in [-0.39, 0.29) is 0 Å². The van der Waals surface area contributed by atoms with Crippen molar-refractivity contribution in [2.24, 2.45) is 5.73 Å². The molecule has 0 aromatic heterocycles. The summed E-state index contributed by atoms with van der Waals surface area (Å²) in [5, 5.41) is 45.4.